The largest absolute Gasteiger partial charge is 0.478 e. The molecule has 0 bridgehead atoms. The third-order valence-corrected chi connectivity index (χ3v) is 4.39. The molecule has 7 heteroatoms. The number of fused-ring (bicyclic) bond motifs is 1. The van der Waals surface area contributed by atoms with Gasteiger partial charge in [0.15, 0.2) is 0 Å². The number of carboxylic acid groups (broad SMARTS) is 1. The van der Waals surface area contributed by atoms with Crippen LogP contribution in [0, 0.1) is 10.1 Å². The predicted octanol–water partition coefficient (Wildman–Crippen LogP) is 3.82. The van der Waals surface area contributed by atoms with Gasteiger partial charge in [-0.2, -0.15) is 0 Å². The molecule has 0 saturated carbocycles. The number of nitro benzene ring substituents is 1. The van der Waals surface area contributed by atoms with Crippen molar-refractivity contribution in [3.05, 3.63) is 75.3 Å². The molecule has 3 rings (SSSR count). The lowest BCUT2D eigenvalue weighted by molar-refractivity contribution is -0.384. The minimum Gasteiger partial charge on any atom is -0.478 e. The Morgan fingerprint density at radius 2 is 1.96 bits per heavy atom. The van der Waals surface area contributed by atoms with Crippen LogP contribution < -0.4 is 5.32 Å². The number of nitro groups is 1. The van der Waals surface area contributed by atoms with Gasteiger partial charge < -0.3 is 10.4 Å². The average molecular weight is 352 g/mol. The van der Waals surface area contributed by atoms with E-state index in [0.29, 0.717) is 12.0 Å². The molecule has 7 nitrogen and oxygen atoms in total. The summed E-state index contributed by atoms with van der Waals surface area (Å²) in [4.78, 5) is 34.3. The Morgan fingerprint density at radius 3 is 2.65 bits per heavy atom. The minimum atomic E-state index is -1.35. The lowest BCUT2D eigenvalue weighted by Gasteiger charge is -2.22. The van der Waals surface area contributed by atoms with Gasteiger partial charge in [-0.3, -0.25) is 14.9 Å². The zero-order valence-electron chi connectivity index (χ0n) is 13.9. The van der Waals surface area contributed by atoms with E-state index in [9.17, 15) is 24.8 Å². The maximum atomic E-state index is 12.7. The third-order valence-electron chi connectivity index (χ3n) is 4.39. The molecule has 26 heavy (non-hydrogen) atoms. The highest BCUT2D eigenvalue weighted by atomic mass is 16.6. The number of hydrogen-bond donors (Lipinski definition) is 2. The summed E-state index contributed by atoms with van der Waals surface area (Å²) in [6.07, 6.45) is 2.53. The van der Waals surface area contributed by atoms with Gasteiger partial charge in [0.05, 0.1) is 16.2 Å². The first-order chi connectivity index (χ1) is 12.4. The smallest absolute Gasteiger partial charge is 0.338 e. The van der Waals surface area contributed by atoms with Gasteiger partial charge in [0.1, 0.15) is 0 Å². The summed E-state index contributed by atoms with van der Waals surface area (Å²) in [6, 6.07) is 10.9. The van der Waals surface area contributed by atoms with Crippen molar-refractivity contribution in [2.45, 2.75) is 19.3 Å². The fourth-order valence-corrected chi connectivity index (χ4v) is 3.04. The van der Waals surface area contributed by atoms with E-state index in [4.69, 9.17) is 0 Å². The number of nitrogens with zero attached hydrogens (tertiary/aromatic N) is 1. The minimum absolute atomic E-state index is 0.0186. The lowest BCUT2D eigenvalue weighted by atomic mass is 9.83. The van der Waals surface area contributed by atoms with Crippen LogP contribution in [-0.2, 0) is 4.79 Å². The average Bonchev–Trinajstić information content (AvgIpc) is 2.62. The highest BCUT2D eigenvalue weighted by Gasteiger charge is 2.24. The molecule has 0 fully saturated rings. The Bertz CT molecular complexity index is 949. The number of aromatic carboxylic acids is 1. The first-order valence-corrected chi connectivity index (χ1v) is 8.01. The summed E-state index contributed by atoms with van der Waals surface area (Å²) < 4.78 is 0. The zero-order valence-corrected chi connectivity index (χ0v) is 13.9. The molecule has 0 spiro atoms. The number of rotatable bonds is 4. The SMILES string of the molecule is CC1CC=C(C(=O)Nc2ccc([N+](=O)[O-])cc2C(=O)O)c2ccccc21. The molecule has 1 aliphatic rings. The topological polar surface area (TPSA) is 110 Å². The van der Waals surface area contributed by atoms with Gasteiger partial charge in [-0.15, -0.1) is 0 Å². The summed E-state index contributed by atoms with van der Waals surface area (Å²) in [7, 11) is 0. The Morgan fingerprint density at radius 1 is 1.23 bits per heavy atom. The Kier molecular flexibility index (Phi) is 4.53. The van der Waals surface area contributed by atoms with Gasteiger partial charge in [0.2, 0.25) is 0 Å². The molecular formula is C19H16N2O5. The van der Waals surface area contributed by atoms with Crippen LogP contribution >= 0.6 is 0 Å². The van der Waals surface area contributed by atoms with Gasteiger partial charge in [-0.1, -0.05) is 37.3 Å². The number of carbonyl (C=O) groups is 2. The number of non-ortho nitro benzene ring substituents is 1. The maximum absolute atomic E-state index is 12.7. The van der Waals surface area contributed by atoms with E-state index in [1.807, 2.05) is 30.3 Å². The van der Waals surface area contributed by atoms with Crippen molar-refractivity contribution in [3.63, 3.8) is 0 Å². The van der Waals surface area contributed by atoms with E-state index < -0.39 is 16.8 Å². The van der Waals surface area contributed by atoms with E-state index >= 15 is 0 Å². The van der Waals surface area contributed by atoms with Gasteiger partial charge in [0.25, 0.3) is 11.6 Å². The number of amides is 1. The Hall–Kier alpha value is -3.48. The van der Waals surface area contributed by atoms with Gasteiger partial charge in [-0.25, -0.2) is 4.79 Å². The van der Waals surface area contributed by atoms with Crippen LogP contribution in [0.5, 0.6) is 0 Å². The quantitative estimate of drug-likeness (QED) is 0.642. The normalized spacial score (nSPS) is 15.6. The number of hydrogen-bond acceptors (Lipinski definition) is 4. The van der Waals surface area contributed by atoms with Crippen LogP contribution in [-0.4, -0.2) is 21.9 Å². The number of anilines is 1. The van der Waals surface area contributed by atoms with Crippen LogP contribution in [0.25, 0.3) is 5.57 Å². The van der Waals surface area contributed by atoms with Crippen molar-refractivity contribution in [3.8, 4) is 0 Å². The van der Waals surface area contributed by atoms with Crippen molar-refractivity contribution in [2.24, 2.45) is 0 Å². The molecule has 0 aromatic heterocycles. The van der Waals surface area contributed by atoms with Crippen molar-refractivity contribution in [2.75, 3.05) is 5.32 Å². The molecule has 0 radical (unpaired) electrons. The van der Waals surface area contributed by atoms with Crippen LogP contribution in [0.15, 0.2) is 48.5 Å². The summed E-state index contributed by atoms with van der Waals surface area (Å²) >= 11 is 0. The van der Waals surface area contributed by atoms with Gasteiger partial charge >= 0.3 is 5.97 Å². The molecule has 2 aromatic carbocycles. The number of carbonyl (C=O) groups excluding carboxylic acids is 1. The molecule has 0 heterocycles. The fraction of sp³-hybridized carbons (Fsp3) is 0.158. The summed E-state index contributed by atoms with van der Waals surface area (Å²) in [6.45, 7) is 2.07. The molecule has 0 saturated heterocycles. The maximum Gasteiger partial charge on any atom is 0.338 e. The van der Waals surface area contributed by atoms with E-state index in [2.05, 4.69) is 12.2 Å². The van der Waals surface area contributed by atoms with Crippen LogP contribution in [0.1, 0.15) is 40.7 Å². The summed E-state index contributed by atoms with van der Waals surface area (Å²) in [5, 5.41) is 22.7. The fourth-order valence-electron chi connectivity index (χ4n) is 3.04. The summed E-state index contributed by atoms with van der Waals surface area (Å²) in [5.41, 5.74) is 1.67. The van der Waals surface area contributed by atoms with Crippen molar-refractivity contribution in [1.29, 1.82) is 0 Å². The van der Waals surface area contributed by atoms with Gasteiger partial charge in [-0.05, 0) is 29.5 Å². The number of nitrogens with one attached hydrogen (secondary N) is 1. The molecule has 1 aliphatic carbocycles. The van der Waals surface area contributed by atoms with Crippen molar-refractivity contribution in [1.82, 2.24) is 0 Å². The molecule has 2 N–H and O–H groups in total. The highest BCUT2D eigenvalue weighted by Crippen LogP contribution is 2.35. The molecular weight excluding hydrogens is 336 g/mol. The molecule has 132 valence electrons. The molecule has 1 amide bonds. The first-order valence-electron chi connectivity index (χ1n) is 8.01. The number of carboxylic acids is 1. The van der Waals surface area contributed by atoms with Crippen LogP contribution in [0.4, 0.5) is 11.4 Å². The lowest BCUT2D eigenvalue weighted by Crippen LogP contribution is -2.19. The Balaban J connectivity index is 1.94. The van der Waals surface area contributed by atoms with Crippen LogP contribution in [0.3, 0.4) is 0 Å². The second-order valence-corrected chi connectivity index (χ2v) is 6.09. The summed E-state index contributed by atoms with van der Waals surface area (Å²) in [5.74, 6) is -1.51. The van der Waals surface area contributed by atoms with E-state index in [0.717, 1.165) is 23.3 Å². The first kappa shape index (κ1) is 17.3. The van der Waals surface area contributed by atoms with E-state index in [-0.39, 0.29) is 22.9 Å². The zero-order chi connectivity index (χ0) is 18.8. The molecule has 0 aliphatic heterocycles. The van der Waals surface area contributed by atoms with E-state index in [1.54, 1.807) is 0 Å². The standard InChI is InChI=1S/C19H16N2O5/c1-11-6-8-15(14-5-3-2-4-13(11)14)18(22)20-17-9-7-12(21(25)26)10-16(17)19(23)24/h2-5,7-11H,6H2,1H3,(H,20,22)(H,23,24). The second-order valence-electron chi connectivity index (χ2n) is 6.09. The monoisotopic (exact) mass is 352 g/mol. The molecule has 2 aromatic rings. The predicted molar refractivity (Wildman–Crippen MR) is 96.1 cm³/mol. The molecule has 1 atom stereocenters. The number of benzene rings is 2. The Labute approximate surface area is 149 Å². The van der Waals surface area contributed by atoms with E-state index in [1.165, 1.54) is 6.07 Å². The molecule has 1 unspecified atom stereocenters. The van der Waals surface area contributed by atoms with Crippen LogP contribution in [0.2, 0.25) is 0 Å². The number of allylic oxidation sites excluding steroid dienone is 1. The van der Waals surface area contributed by atoms with Gasteiger partial charge in [0, 0.05) is 17.7 Å². The highest BCUT2D eigenvalue weighted by molar-refractivity contribution is 6.26. The second kappa shape index (κ2) is 6.79. The third kappa shape index (κ3) is 3.19. The van der Waals surface area contributed by atoms with Crippen molar-refractivity contribution >= 4 is 28.8 Å². The van der Waals surface area contributed by atoms with Crippen molar-refractivity contribution < 1.29 is 19.6 Å².